The van der Waals surface area contributed by atoms with Gasteiger partial charge in [0.2, 0.25) is 5.88 Å². The molecule has 0 aromatic carbocycles. The third kappa shape index (κ3) is 4.07. The number of carbonyl (C=O) groups excluding carboxylic acids is 1. The van der Waals surface area contributed by atoms with E-state index in [1.54, 1.807) is 0 Å². The Morgan fingerprint density at radius 2 is 2.16 bits per heavy atom. The molecule has 0 aliphatic rings. The van der Waals surface area contributed by atoms with Crippen LogP contribution in [0.3, 0.4) is 0 Å². The fourth-order valence-corrected chi connectivity index (χ4v) is 2.32. The highest BCUT2D eigenvalue weighted by molar-refractivity contribution is 7.91. The van der Waals surface area contributed by atoms with Gasteiger partial charge in [0.05, 0.1) is 25.6 Å². The van der Waals surface area contributed by atoms with E-state index in [0.717, 1.165) is 6.07 Å². The van der Waals surface area contributed by atoms with Gasteiger partial charge in [0, 0.05) is 23.3 Å². The van der Waals surface area contributed by atoms with Gasteiger partial charge < -0.3 is 14.0 Å². The molecule has 0 aliphatic heterocycles. The number of nitrogens with zero attached hydrogens (tertiary/aromatic N) is 2. The van der Waals surface area contributed by atoms with Crippen molar-refractivity contribution in [3.63, 3.8) is 0 Å². The van der Waals surface area contributed by atoms with E-state index in [1.165, 1.54) is 20.3 Å². The maximum absolute atomic E-state index is 11.9. The molecule has 19 heavy (non-hydrogen) atoms. The van der Waals surface area contributed by atoms with E-state index in [1.807, 2.05) is 0 Å². The molecule has 9 heteroatoms. The molecule has 8 nitrogen and oxygen atoms in total. The Labute approximate surface area is 112 Å². The summed E-state index contributed by atoms with van der Waals surface area (Å²) in [7, 11) is 2.55. The second-order valence-electron chi connectivity index (χ2n) is 3.31. The van der Waals surface area contributed by atoms with Crippen LogP contribution in [0, 0.1) is 10.1 Å². The predicted molar refractivity (Wildman–Crippen MR) is 65.4 cm³/mol. The number of rotatable bonds is 6. The number of hydrogen-bond donors (Lipinski definition) is 0. The van der Waals surface area contributed by atoms with E-state index < -0.39 is 22.1 Å². The highest BCUT2D eigenvalue weighted by atomic mass is 32.2. The first-order chi connectivity index (χ1) is 8.99. The minimum Gasteiger partial charge on any atom is -0.610 e. The lowest BCUT2D eigenvalue weighted by Gasteiger charge is -2.09. The number of aromatic nitrogens is 1. The fraction of sp³-hybridized carbons (Fsp3) is 0.400. The topological polar surface area (TPSA) is 115 Å². The fourth-order valence-electron chi connectivity index (χ4n) is 1.21. The van der Waals surface area contributed by atoms with Gasteiger partial charge in [-0.15, -0.1) is 0 Å². The zero-order valence-electron chi connectivity index (χ0n) is 10.3. The van der Waals surface area contributed by atoms with E-state index in [2.05, 4.69) is 9.72 Å². The van der Waals surface area contributed by atoms with Crippen molar-refractivity contribution in [2.45, 2.75) is 11.4 Å². The van der Waals surface area contributed by atoms with Crippen LogP contribution in [0.2, 0.25) is 0 Å². The third-order valence-corrected chi connectivity index (χ3v) is 3.46. The summed E-state index contributed by atoms with van der Waals surface area (Å²) in [5.74, 6) is -0.529. The van der Waals surface area contributed by atoms with Gasteiger partial charge in [0.1, 0.15) is 5.75 Å². The smallest absolute Gasteiger partial charge is 0.344 e. The molecular weight excluding hydrogens is 276 g/mol. The lowest BCUT2D eigenvalue weighted by Crippen LogP contribution is -2.15. The van der Waals surface area contributed by atoms with Crippen LogP contribution in [0.4, 0.5) is 5.69 Å². The first-order valence-corrected chi connectivity index (χ1v) is 6.46. The molecular formula is C10H12N2O6S. The largest absolute Gasteiger partial charge is 0.610 e. The van der Waals surface area contributed by atoms with Crippen molar-refractivity contribution in [2.24, 2.45) is 0 Å². The van der Waals surface area contributed by atoms with Crippen molar-refractivity contribution < 1.29 is 23.7 Å². The molecule has 0 spiro atoms. The summed E-state index contributed by atoms with van der Waals surface area (Å²) in [6, 6.07) is 2.47. The summed E-state index contributed by atoms with van der Waals surface area (Å²) in [6.07, 6.45) is -0.112. The number of ether oxygens (including phenoxy) is 2. The molecule has 1 rings (SSSR count). The highest BCUT2D eigenvalue weighted by Crippen LogP contribution is 2.25. The van der Waals surface area contributed by atoms with Crippen LogP contribution in [0.5, 0.6) is 5.88 Å². The van der Waals surface area contributed by atoms with Crippen molar-refractivity contribution in [3.05, 3.63) is 22.2 Å². The van der Waals surface area contributed by atoms with Gasteiger partial charge in [0.15, 0.2) is 0 Å². The van der Waals surface area contributed by atoms with Gasteiger partial charge in [0.25, 0.3) is 0 Å². The van der Waals surface area contributed by atoms with Gasteiger partial charge in [-0.25, -0.2) is 0 Å². The quantitative estimate of drug-likeness (QED) is 0.327. The van der Waals surface area contributed by atoms with Crippen LogP contribution in [-0.2, 0) is 20.7 Å². The minimum atomic E-state index is -1.78. The monoisotopic (exact) mass is 288 g/mol. The molecule has 0 saturated heterocycles. The molecule has 0 radical (unpaired) electrons. The van der Waals surface area contributed by atoms with Crippen LogP contribution in [0.1, 0.15) is 6.42 Å². The number of hydrogen-bond acceptors (Lipinski definition) is 7. The molecule has 104 valence electrons. The molecule has 1 aromatic heterocycles. The summed E-state index contributed by atoms with van der Waals surface area (Å²) >= 11 is -1.78. The standard InChI is InChI=1S/C10H12N2O6S/c1-17-8-4-3-7(12(14)15)10(11-8)19(16)6-5-9(13)18-2/h3-4H,5-6H2,1-2H3. The molecule has 0 fully saturated rings. The van der Waals surface area contributed by atoms with Crippen LogP contribution in [0.25, 0.3) is 0 Å². The molecule has 0 amide bonds. The SMILES string of the molecule is COC(=O)CC[S+]([O-])c1nc(OC)ccc1[N+](=O)[O-]. The summed E-state index contributed by atoms with van der Waals surface area (Å²) in [5.41, 5.74) is -0.371. The molecule has 0 N–H and O–H groups in total. The van der Waals surface area contributed by atoms with Crippen LogP contribution in [-0.4, -0.2) is 40.4 Å². The Hall–Kier alpha value is -1.87. The lowest BCUT2D eigenvalue weighted by atomic mass is 10.4. The number of esters is 1. The molecule has 1 atom stereocenters. The van der Waals surface area contributed by atoms with E-state index in [-0.39, 0.29) is 28.8 Å². The predicted octanol–water partition coefficient (Wildman–Crippen LogP) is 0.669. The van der Waals surface area contributed by atoms with E-state index in [0.29, 0.717) is 0 Å². The minimum absolute atomic E-state index is 0.103. The second kappa shape index (κ2) is 6.90. The third-order valence-electron chi connectivity index (χ3n) is 2.16. The van der Waals surface area contributed by atoms with Gasteiger partial charge in [-0.05, 0) is 0 Å². The molecule has 0 saturated carbocycles. The van der Waals surface area contributed by atoms with Crippen molar-refractivity contribution in [1.29, 1.82) is 0 Å². The molecule has 0 aliphatic carbocycles. The first-order valence-electron chi connectivity index (χ1n) is 5.14. The maximum Gasteiger partial charge on any atom is 0.344 e. The summed E-state index contributed by atoms with van der Waals surface area (Å²) < 4.78 is 21.2. The van der Waals surface area contributed by atoms with Gasteiger partial charge in [-0.1, -0.05) is 0 Å². The van der Waals surface area contributed by atoms with Crippen LogP contribution in [0.15, 0.2) is 17.2 Å². The first kappa shape index (κ1) is 15.2. The maximum atomic E-state index is 11.9. The molecule has 1 heterocycles. The zero-order valence-corrected chi connectivity index (χ0v) is 11.1. The van der Waals surface area contributed by atoms with Crippen LogP contribution >= 0.6 is 0 Å². The van der Waals surface area contributed by atoms with Gasteiger partial charge in [-0.3, -0.25) is 14.9 Å². The molecule has 1 unspecified atom stereocenters. The van der Waals surface area contributed by atoms with E-state index in [9.17, 15) is 19.5 Å². The summed E-state index contributed by atoms with van der Waals surface area (Å²) in [5, 5.41) is 10.6. The van der Waals surface area contributed by atoms with Gasteiger partial charge in [-0.2, -0.15) is 4.98 Å². The second-order valence-corrected chi connectivity index (χ2v) is 4.80. The lowest BCUT2D eigenvalue weighted by molar-refractivity contribution is -0.388. The molecule has 0 bridgehead atoms. The highest BCUT2D eigenvalue weighted by Gasteiger charge is 2.28. The number of methoxy groups -OCH3 is 2. The number of nitro groups is 1. The Bertz CT molecular complexity index is 481. The summed E-state index contributed by atoms with van der Waals surface area (Å²) in [4.78, 5) is 24.9. The van der Waals surface area contributed by atoms with E-state index in [4.69, 9.17) is 4.74 Å². The molecule has 1 aromatic rings. The van der Waals surface area contributed by atoms with Crippen molar-refractivity contribution in [2.75, 3.05) is 20.0 Å². The van der Waals surface area contributed by atoms with Crippen molar-refractivity contribution >= 4 is 22.8 Å². The number of carbonyl (C=O) groups is 1. The average molecular weight is 288 g/mol. The number of pyridine rings is 1. The van der Waals surface area contributed by atoms with Crippen molar-refractivity contribution in [1.82, 2.24) is 4.98 Å². The normalized spacial score (nSPS) is 11.7. The summed E-state index contributed by atoms with van der Waals surface area (Å²) in [6.45, 7) is 0. The Morgan fingerprint density at radius 1 is 1.47 bits per heavy atom. The van der Waals surface area contributed by atoms with Crippen molar-refractivity contribution in [3.8, 4) is 5.88 Å². The van der Waals surface area contributed by atoms with E-state index >= 15 is 0 Å². The average Bonchev–Trinajstić information content (AvgIpc) is 2.43. The van der Waals surface area contributed by atoms with Crippen LogP contribution < -0.4 is 4.74 Å². The Morgan fingerprint density at radius 3 is 2.68 bits per heavy atom. The Balaban J connectivity index is 2.95. The Kier molecular flexibility index (Phi) is 5.52. The zero-order chi connectivity index (χ0) is 14.4. The van der Waals surface area contributed by atoms with Gasteiger partial charge >= 0.3 is 16.7 Å².